The third-order valence-corrected chi connectivity index (χ3v) is 6.88. The summed E-state index contributed by atoms with van der Waals surface area (Å²) in [5.41, 5.74) is 8.44. The average Bonchev–Trinajstić information content (AvgIpc) is 3.05. The summed E-state index contributed by atoms with van der Waals surface area (Å²) in [6.07, 6.45) is 3.45. The second-order valence-corrected chi connectivity index (χ2v) is 9.62. The fourth-order valence-corrected chi connectivity index (χ4v) is 4.73. The molecular weight excluding hydrogens is 526 g/mol. The molecule has 0 saturated heterocycles. The Balaban J connectivity index is 1.56. The van der Waals surface area contributed by atoms with Crippen molar-refractivity contribution in [1.82, 2.24) is 15.0 Å². The van der Waals surface area contributed by atoms with E-state index in [0.717, 1.165) is 44.8 Å². The summed E-state index contributed by atoms with van der Waals surface area (Å²) in [7, 11) is 0. The van der Waals surface area contributed by atoms with E-state index in [0.29, 0.717) is 11.4 Å². The van der Waals surface area contributed by atoms with E-state index in [-0.39, 0.29) is 11.1 Å². The highest BCUT2D eigenvalue weighted by molar-refractivity contribution is 5.90. The Labute approximate surface area is 241 Å². The van der Waals surface area contributed by atoms with Gasteiger partial charge in [-0.1, -0.05) is 36.4 Å². The van der Waals surface area contributed by atoms with Crippen LogP contribution >= 0.6 is 0 Å². The molecule has 0 atom stereocenters. The van der Waals surface area contributed by atoms with Gasteiger partial charge in [0, 0.05) is 12.4 Å². The Morgan fingerprint density at radius 3 is 1.17 bits per heavy atom. The van der Waals surface area contributed by atoms with Crippen molar-refractivity contribution in [2.24, 2.45) is 0 Å². The van der Waals surface area contributed by atoms with Crippen molar-refractivity contribution in [3.63, 3.8) is 0 Å². The van der Waals surface area contributed by atoms with Crippen LogP contribution in [0.25, 0.3) is 56.2 Å². The summed E-state index contributed by atoms with van der Waals surface area (Å²) in [6, 6.07) is 34.9. The van der Waals surface area contributed by atoms with Gasteiger partial charge in [-0.05, 0) is 112 Å². The maximum absolute atomic E-state index is 11.4. The number of carboxylic acid groups (broad SMARTS) is 2. The molecule has 0 aliphatic rings. The van der Waals surface area contributed by atoms with Gasteiger partial charge < -0.3 is 10.2 Å². The number of hydrogen-bond acceptors (Lipinski definition) is 5. The van der Waals surface area contributed by atoms with Crippen LogP contribution in [0.4, 0.5) is 0 Å². The molecule has 0 bridgehead atoms. The molecule has 6 rings (SSSR count). The molecule has 0 amide bonds. The van der Waals surface area contributed by atoms with Crippen LogP contribution in [0.1, 0.15) is 20.7 Å². The van der Waals surface area contributed by atoms with Crippen molar-refractivity contribution in [3.8, 4) is 56.2 Å². The van der Waals surface area contributed by atoms with Crippen LogP contribution < -0.4 is 0 Å². The van der Waals surface area contributed by atoms with E-state index in [9.17, 15) is 19.8 Å². The molecule has 0 spiro atoms. The predicted octanol–water partition coefficient (Wildman–Crippen LogP) is 7.60. The summed E-state index contributed by atoms with van der Waals surface area (Å²) in [4.78, 5) is 36.8. The molecule has 3 heterocycles. The maximum atomic E-state index is 11.4. The van der Waals surface area contributed by atoms with Crippen molar-refractivity contribution in [2.45, 2.75) is 0 Å². The smallest absolute Gasteiger partial charge is 0.335 e. The molecular formula is C35H23N3O4. The summed E-state index contributed by atoms with van der Waals surface area (Å²) < 4.78 is 0. The highest BCUT2D eigenvalue weighted by Crippen LogP contribution is 2.35. The van der Waals surface area contributed by atoms with E-state index >= 15 is 0 Å². The third kappa shape index (κ3) is 5.52. The number of benzene rings is 3. The molecule has 0 aliphatic heterocycles. The van der Waals surface area contributed by atoms with Crippen molar-refractivity contribution in [1.29, 1.82) is 0 Å². The van der Waals surface area contributed by atoms with E-state index in [1.807, 2.05) is 66.7 Å². The van der Waals surface area contributed by atoms with Crippen LogP contribution in [0.3, 0.4) is 0 Å². The molecule has 42 heavy (non-hydrogen) atoms. The van der Waals surface area contributed by atoms with Crippen LogP contribution in [-0.4, -0.2) is 37.1 Å². The first-order chi connectivity index (χ1) is 20.4. The minimum Gasteiger partial charge on any atom is -0.478 e. The van der Waals surface area contributed by atoms with Gasteiger partial charge in [0.1, 0.15) is 0 Å². The number of aromatic carboxylic acids is 2. The molecule has 0 saturated carbocycles. The first-order valence-electron chi connectivity index (χ1n) is 13.1. The Morgan fingerprint density at radius 2 is 0.810 bits per heavy atom. The molecule has 0 radical (unpaired) electrons. The van der Waals surface area contributed by atoms with Crippen LogP contribution in [0.15, 0.2) is 128 Å². The zero-order valence-electron chi connectivity index (χ0n) is 22.2. The lowest BCUT2D eigenvalue weighted by molar-refractivity contribution is 0.0686. The molecule has 7 heteroatoms. The Hall–Kier alpha value is -5.95. The fourth-order valence-electron chi connectivity index (χ4n) is 4.73. The minimum absolute atomic E-state index is 0.202. The molecule has 7 nitrogen and oxygen atoms in total. The predicted molar refractivity (Wildman–Crippen MR) is 161 cm³/mol. The quantitative estimate of drug-likeness (QED) is 0.211. The molecule has 3 aromatic heterocycles. The highest BCUT2D eigenvalue weighted by Gasteiger charge is 2.14. The summed E-state index contributed by atoms with van der Waals surface area (Å²) in [5, 5.41) is 18.8. The van der Waals surface area contributed by atoms with Gasteiger partial charge in [-0.25, -0.2) is 14.6 Å². The second-order valence-electron chi connectivity index (χ2n) is 9.62. The van der Waals surface area contributed by atoms with Gasteiger partial charge in [-0.2, -0.15) is 0 Å². The Morgan fingerprint density at radius 1 is 0.429 bits per heavy atom. The lowest BCUT2D eigenvalue weighted by atomic mass is 9.92. The maximum Gasteiger partial charge on any atom is 0.335 e. The van der Waals surface area contributed by atoms with Gasteiger partial charge >= 0.3 is 11.9 Å². The zero-order valence-corrected chi connectivity index (χ0v) is 22.2. The SMILES string of the molecule is O=C(O)c1ccc(-c2cc(-c3ccc(C(=O)O)cc3)cc(-c3cc(-c4ccccn4)nc(-c4ccccn4)c3)c2)cc1. The lowest BCUT2D eigenvalue weighted by Crippen LogP contribution is -1.96. The van der Waals surface area contributed by atoms with Gasteiger partial charge in [-0.3, -0.25) is 9.97 Å². The number of hydrogen-bond donors (Lipinski definition) is 2. The molecule has 0 fully saturated rings. The topological polar surface area (TPSA) is 113 Å². The number of nitrogens with zero attached hydrogens (tertiary/aromatic N) is 3. The van der Waals surface area contributed by atoms with E-state index in [1.165, 1.54) is 0 Å². The van der Waals surface area contributed by atoms with Gasteiger partial charge in [0.25, 0.3) is 0 Å². The van der Waals surface area contributed by atoms with E-state index < -0.39 is 11.9 Å². The average molecular weight is 550 g/mol. The highest BCUT2D eigenvalue weighted by atomic mass is 16.4. The molecule has 202 valence electrons. The first kappa shape index (κ1) is 26.3. The Kier molecular flexibility index (Phi) is 7.05. The molecule has 2 N–H and O–H groups in total. The summed E-state index contributed by atoms with van der Waals surface area (Å²) in [5.74, 6) is -1.98. The fraction of sp³-hybridized carbons (Fsp3) is 0. The van der Waals surface area contributed by atoms with Crippen LogP contribution in [0.5, 0.6) is 0 Å². The summed E-state index contributed by atoms with van der Waals surface area (Å²) >= 11 is 0. The van der Waals surface area contributed by atoms with Crippen LogP contribution in [0, 0.1) is 0 Å². The zero-order chi connectivity index (χ0) is 29.1. The lowest BCUT2D eigenvalue weighted by Gasteiger charge is -2.14. The summed E-state index contributed by atoms with van der Waals surface area (Å²) in [6.45, 7) is 0. The third-order valence-electron chi connectivity index (χ3n) is 6.88. The monoisotopic (exact) mass is 549 g/mol. The minimum atomic E-state index is -0.990. The van der Waals surface area contributed by atoms with Crippen molar-refractivity contribution in [2.75, 3.05) is 0 Å². The normalized spacial score (nSPS) is 10.8. The van der Waals surface area contributed by atoms with Crippen molar-refractivity contribution >= 4 is 11.9 Å². The van der Waals surface area contributed by atoms with Gasteiger partial charge in [0.15, 0.2) is 0 Å². The molecule has 0 unspecified atom stereocenters. The number of rotatable bonds is 7. The van der Waals surface area contributed by atoms with Crippen molar-refractivity contribution < 1.29 is 19.8 Å². The van der Waals surface area contributed by atoms with Crippen LogP contribution in [0.2, 0.25) is 0 Å². The van der Waals surface area contributed by atoms with Gasteiger partial charge in [-0.15, -0.1) is 0 Å². The number of pyridine rings is 3. The van der Waals surface area contributed by atoms with E-state index in [4.69, 9.17) is 4.98 Å². The number of carboxylic acids is 2. The largest absolute Gasteiger partial charge is 0.478 e. The second kappa shape index (κ2) is 11.3. The van der Waals surface area contributed by atoms with E-state index in [2.05, 4.69) is 9.97 Å². The molecule has 3 aromatic carbocycles. The standard InChI is InChI=1S/C35H23N3O4/c39-34(40)24-11-7-22(8-12-24)26-17-27(23-9-13-25(14-10-23)35(41)42)19-28(18-26)29-20-32(30-5-1-3-15-36-30)38-33(21-29)31-6-2-4-16-37-31/h1-21H,(H,39,40)(H,41,42). The number of aromatic nitrogens is 3. The van der Waals surface area contributed by atoms with Gasteiger partial charge in [0.05, 0.1) is 33.9 Å². The Bertz CT molecular complexity index is 1770. The molecule has 0 aliphatic carbocycles. The van der Waals surface area contributed by atoms with Crippen LogP contribution in [-0.2, 0) is 0 Å². The number of carbonyl (C=O) groups is 2. The van der Waals surface area contributed by atoms with E-state index in [1.54, 1.807) is 60.9 Å². The van der Waals surface area contributed by atoms with Crippen molar-refractivity contribution in [3.05, 3.63) is 139 Å². The van der Waals surface area contributed by atoms with Gasteiger partial charge in [0.2, 0.25) is 0 Å². The molecule has 6 aromatic rings. The first-order valence-corrected chi connectivity index (χ1v) is 13.1.